The molecule has 1 fully saturated rings. The van der Waals surface area contributed by atoms with Gasteiger partial charge in [0, 0.05) is 67.9 Å². The van der Waals surface area contributed by atoms with Crippen molar-refractivity contribution in [3.63, 3.8) is 0 Å². The number of hydrogen-bond donors (Lipinski definition) is 4. The highest BCUT2D eigenvalue weighted by atomic mass is 28.4. The van der Waals surface area contributed by atoms with Gasteiger partial charge in [-0.2, -0.15) is 0 Å². The largest absolute Gasteiger partial charge is 0.506 e. The smallest absolute Gasteiger partial charge is 0.414 e. The zero-order valence-electron chi connectivity index (χ0n) is 36.6. The van der Waals surface area contributed by atoms with Gasteiger partial charge in [0.1, 0.15) is 24.2 Å². The fourth-order valence-corrected chi connectivity index (χ4v) is 9.23. The number of aromatic amines is 1. The number of phenolic OH excluding ortho intramolecular Hbond substituents is 1. The maximum Gasteiger partial charge on any atom is 0.414 e. The van der Waals surface area contributed by atoms with Crippen molar-refractivity contribution in [2.24, 2.45) is 0 Å². The molecule has 0 saturated carbocycles. The van der Waals surface area contributed by atoms with Gasteiger partial charge >= 0.3 is 12.2 Å². The number of rotatable bonds is 14. The number of para-hydroxylation sites is 1. The molecule has 2 aliphatic rings. The third-order valence-corrected chi connectivity index (χ3v) is 16.9. The normalized spacial score (nSPS) is 15.3. The van der Waals surface area contributed by atoms with Crippen LogP contribution in [0.1, 0.15) is 56.4 Å². The molecule has 0 unspecified atom stereocenters. The second-order valence-electron chi connectivity index (χ2n) is 17.6. The SMILES string of the molecule is COc1cc2c(cc1CNC[C@H](O[Si](C)(C)C(C)(C)C)c1ccc(O)c3[nH]c(=O)ccc13)CCN2C(=O)OCCN1CCC(OC(=O)Nc2ccccc2-c2ccccc2)CC1. The average molecular weight is 862 g/mol. The fraction of sp³-hybridized carbons (Fsp3) is 0.396. The van der Waals surface area contributed by atoms with Crippen molar-refractivity contribution >= 4 is 42.8 Å². The number of nitrogens with zero attached hydrogens (tertiary/aromatic N) is 2. The van der Waals surface area contributed by atoms with Crippen molar-refractivity contribution in [1.29, 1.82) is 0 Å². The number of phenols is 1. The van der Waals surface area contributed by atoms with Gasteiger partial charge in [0.15, 0.2) is 8.32 Å². The molecule has 2 aliphatic heterocycles. The molecule has 4 aromatic carbocycles. The molecule has 5 aromatic rings. The Morgan fingerprint density at radius 1 is 0.952 bits per heavy atom. The molecule has 1 aromatic heterocycles. The summed E-state index contributed by atoms with van der Waals surface area (Å²) in [5.74, 6) is 0.665. The van der Waals surface area contributed by atoms with Gasteiger partial charge in [0.2, 0.25) is 5.56 Å². The van der Waals surface area contributed by atoms with Crippen LogP contribution in [0.2, 0.25) is 18.1 Å². The van der Waals surface area contributed by atoms with Crippen molar-refractivity contribution in [3.8, 4) is 22.6 Å². The Balaban J connectivity index is 0.907. The summed E-state index contributed by atoms with van der Waals surface area (Å²) in [7, 11) is -0.635. The summed E-state index contributed by atoms with van der Waals surface area (Å²) in [5, 5.41) is 17.8. The Morgan fingerprint density at radius 3 is 2.44 bits per heavy atom. The van der Waals surface area contributed by atoms with E-state index in [-0.39, 0.29) is 35.2 Å². The van der Waals surface area contributed by atoms with Gasteiger partial charge in [-0.1, -0.05) is 75.4 Å². The Kier molecular flexibility index (Phi) is 13.7. The zero-order chi connectivity index (χ0) is 44.0. The molecule has 2 amide bonds. The number of ether oxygens (including phenoxy) is 3. The standard InChI is InChI=1S/C48H59N5O8Si/c1-48(2,3)62(5,6)61-43(37-16-18-41(54)45-38(37)17-19-44(55)51-45)31-49-30-34-28-33-20-25-53(40(33)29-42(34)58-4)47(57)59-27-26-52-23-21-35(22-24-52)60-46(56)50-39-15-11-10-14-36(39)32-12-8-7-9-13-32/h7-19,28-29,35,43,49,54H,20-27,30-31H2,1-6H3,(H,50,56)(H,51,55)/t43-/m0/s1. The molecule has 62 heavy (non-hydrogen) atoms. The minimum Gasteiger partial charge on any atom is -0.506 e. The molecule has 0 aliphatic carbocycles. The molecule has 13 nitrogen and oxygen atoms in total. The van der Waals surface area contributed by atoms with Crippen LogP contribution in [0.15, 0.2) is 95.8 Å². The summed E-state index contributed by atoms with van der Waals surface area (Å²) in [4.78, 5) is 45.1. The number of methoxy groups -OCH3 is 1. The van der Waals surface area contributed by atoms with Crippen LogP contribution in [0.3, 0.4) is 0 Å². The van der Waals surface area contributed by atoms with E-state index in [1.165, 1.54) is 6.07 Å². The molecule has 0 bridgehead atoms. The molecule has 1 atom stereocenters. The number of aromatic hydroxyl groups is 1. The monoisotopic (exact) mass is 861 g/mol. The Hall–Kier alpha value is -5.67. The molecule has 328 valence electrons. The Bertz CT molecular complexity index is 2430. The molecule has 3 heterocycles. The first kappa shape index (κ1) is 44.4. The van der Waals surface area contributed by atoms with Crippen LogP contribution in [0.4, 0.5) is 21.0 Å². The van der Waals surface area contributed by atoms with Crippen LogP contribution in [0.25, 0.3) is 22.0 Å². The molecule has 1 saturated heterocycles. The van der Waals surface area contributed by atoms with Gasteiger partial charge in [-0.15, -0.1) is 0 Å². The lowest BCUT2D eigenvalue weighted by Gasteiger charge is -2.39. The third kappa shape index (κ3) is 10.3. The van der Waals surface area contributed by atoms with E-state index in [1.807, 2.05) is 66.7 Å². The predicted molar refractivity (Wildman–Crippen MR) is 246 cm³/mol. The summed E-state index contributed by atoms with van der Waals surface area (Å²) >= 11 is 0. The van der Waals surface area contributed by atoms with E-state index in [9.17, 15) is 19.5 Å². The van der Waals surface area contributed by atoms with Gasteiger partial charge in [-0.05, 0) is 78.4 Å². The second kappa shape index (κ2) is 19.2. The lowest BCUT2D eigenvalue weighted by atomic mass is 10.0. The molecule has 14 heteroatoms. The fourth-order valence-electron chi connectivity index (χ4n) is 7.96. The number of likely N-dealkylation sites (tertiary alicyclic amines) is 1. The number of nitrogens with one attached hydrogen (secondary N) is 3. The first-order chi connectivity index (χ1) is 29.7. The molecular formula is C48H59N5O8Si. The summed E-state index contributed by atoms with van der Waals surface area (Å²) in [6.07, 6.45) is 0.655. The van der Waals surface area contributed by atoms with Crippen LogP contribution in [-0.4, -0.2) is 88.0 Å². The number of hydrogen-bond acceptors (Lipinski definition) is 10. The average Bonchev–Trinajstić information content (AvgIpc) is 3.67. The van der Waals surface area contributed by atoms with Gasteiger partial charge in [0.25, 0.3) is 0 Å². The van der Waals surface area contributed by atoms with Crippen molar-refractivity contribution in [1.82, 2.24) is 15.2 Å². The number of carbonyl (C=O) groups is 2. The number of anilines is 2. The molecule has 0 radical (unpaired) electrons. The quantitative estimate of drug-likeness (QED) is 0.0796. The zero-order valence-corrected chi connectivity index (χ0v) is 37.6. The summed E-state index contributed by atoms with van der Waals surface area (Å²) < 4.78 is 24.4. The summed E-state index contributed by atoms with van der Waals surface area (Å²) in [6.45, 7) is 14.8. The van der Waals surface area contributed by atoms with Crippen LogP contribution in [-0.2, 0) is 26.9 Å². The minimum absolute atomic E-state index is 0.00823. The first-order valence-corrected chi connectivity index (χ1v) is 24.3. The first-order valence-electron chi connectivity index (χ1n) is 21.4. The highest BCUT2D eigenvalue weighted by Crippen LogP contribution is 2.41. The van der Waals surface area contributed by atoms with Crippen molar-refractivity contribution in [3.05, 3.63) is 118 Å². The number of carbonyl (C=O) groups excluding carboxylic acids is 2. The number of amides is 2. The molecule has 4 N–H and O–H groups in total. The number of pyridine rings is 1. The maximum absolute atomic E-state index is 13.4. The number of benzene rings is 4. The van der Waals surface area contributed by atoms with E-state index in [0.717, 1.165) is 52.0 Å². The van der Waals surface area contributed by atoms with E-state index in [2.05, 4.69) is 60.4 Å². The topological polar surface area (TPSA) is 155 Å². The lowest BCUT2D eigenvalue weighted by Crippen LogP contribution is -2.43. The van der Waals surface area contributed by atoms with Crippen LogP contribution in [0.5, 0.6) is 11.5 Å². The van der Waals surface area contributed by atoms with Crippen molar-refractivity contribution in [2.45, 2.75) is 76.9 Å². The van der Waals surface area contributed by atoms with Crippen molar-refractivity contribution in [2.75, 3.05) is 56.7 Å². The Morgan fingerprint density at radius 2 is 1.69 bits per heavy atom. The number of fused-ring (bicyclic) bond motifs is 2. The van der Waals surface area contributed by atoms with Crippen molar-refractivity contribution < 1.29 is 33.3 Å². The van der Waals surface area contributed by atoms with Crippen LogP contribution in [0, 0.1) is 0 Å². The molecule has 7 rings (SSSR count). The van der Waals surface area contributed by atoms with Gasteiger partial charge < -0.3 is 34.0 Å². The van der Waals surface area contributed by atoms with Crippen LogP contribution < -0.4 is 25.8 Å². The van der Waals surface area contributed by atoms with Gasteiger partial charge in [-0.25, -0.2) is 9.59 Å². The second-order valence-corrected chi connectivity index (χ2v) is 22.3. The van der Waals surface area contributed by atoms with Crippen LogP contribution >= 0.6 is 0 Å². The number of aromatic nitrogens is 1. The van der Waals surface area contributed by atoms with E-state index in [4.69, 9.17) is 18.6 Å². The highest BCUT2D eigenvalue weighted by Gasteiger charge is 2.40. The third-order valence-electron chi connectivity index (χ3n) is 12.4. The number of piperidine rings is 1. The van der Waals surface area contributed by atoms with Gasteiger partial charge in [0.05, 0.1) is 30.1 Å². The Labute approximate surface area is 364 Å². The van der Waals surface area contributed by atoms with Gasteiger partial charge in [-0.3, -0.25) is 19.9 Å². The van der Waals surface area contributed by atoms with E-state index in [0.29, 0.717) is 62.4 Å². The maximum atomic E-state index is 13.4. The minimum atomic E-state index is -2.26. The molecule has 0 spiro atoms. The van der Waals surface area contributed by atoms with E-state index in [1.54, 1.807) is 24.1 Å². The highest BCUT2D eigenvalue weighted by molar-refractivity contribution is 6.74. The summed E-state index contributed by atoms with van der Waals surface area (Å²) in [6, 6.07) is 28.3. The molecular weight excluding hydrogens is 803 g/mol. The van der Waals surface area contributed by atoms with E-state index >= 15 is 0 Å². The number of H-pyrrole nitrogens is 1. The lowest BCUT2D eigenvalue weighted by molar-refractivity contribution is 0.0511. The predicted octanol–water partition coefficient (Wildman–Crippen LogP) is 8.97. The summed E-state index contributed by atoms with van der Waals surface area (Å²) in [5.41, 5.74) is 6.40. The van der Waals surface area contributed by atoms with E-state index < -0.39 is 20.5 Å².